The third-order valence-electron chi connectivity index (χ3n) is 4.26. The summed E-state index contributed by atoms with van der Waals surface area (Å²) in [4.78, 5) is 16.8. The van der Waals surface area contributed by atoms with E-state index in [0.717, 1.165) is 16.7 Å². The highest BCUT2D eigenvalue weighted by atomic mass is 16.5. The SMILES string of the molecule is Cc1ccc(-c2noc(CNC(=O)c3cc(C)c(C)cc3C)n2)cc1. The first kappa shape index (κ1) is 16.9. The maximum Gasteiger partial charge on any atom is 0.251 e. The van der Waals surface area contributed by atoms with Gasteiger partial charge >= 0.3 is 0 Å². The van der Waals surface area contributed by atoms with Gasteiger partial charge in [-0.05, 0) is 50.5 Å². The smallest absolute Gasteiger partial charge is 0.251 e. The van der Waals surface area contributed by atoms with Crippen LogP contribution in [0, 0.1) is 27.7 Å². The van der Waals surface area contributed by atoms with Gasteiger partial charge in [-0.2, -0.15) is 4.98 Å². The van der Waals surface area contributed by atoms with Crippen LogP contribution in [0.1, 0.15) is 38.5 Å². The molecular weight excluding hydrogens is 314 g/mol. The van der Waals surface area contributed by atoms with Crippen molar-refractivity contribution in [3.8, 4) is 11.4 Å². The molecule has 3 aromatic rings. The number of aryl methyl sites for hydroxylation is 4. The summed E-state index contributed by atoms with van der Waals surface area (Å²) in [7, 11) is 0. The van der Waals surface area contributed by atoms with E-state index < -0.39 is 0 Å². The number of hydrogen-bond acceptors (Lipinski definition) is 4. The molecule has 5 heteroatoms. The molecule has 0 aliphatic heterocycles. The first-order valence-electron chi connectivity index (χ1n) is 8.19. The number of carbonyl (C=O) groups excluding carboxylic acids is 1. The monoisotopic (exact) mass is 335 g/mol. The Morgan fingerprint density at radius 1 is 1.00 bits per heavy atom. The lowest BCUT2D eigenvalue weighted by Crippen LogP contribution is -2.24. The van der Waals surface area contributed by atoms with Gasteiger partial charge in [0.2, 0.25) is 11.7 Å². The van der Waals surface area contributed by atoms with Gasteiger partial charge in [-0.3, -0.25) is 4.79 Å². The van der Waals surface area contributed by atoms with Gasteiger partial charge in [-0.25, -0.2) is 0 Å². The van der Waals surface area contributed by atoms with Crippen LogP contribution < -0.4 is 5.32 Å². The van der Waals surface area contributed by atoms with E-state index in [1.807, 2.05) is 64.1 Å². The lowest BCUT2D eigenvalue weighted by Gasteiger charge is -2.09. The molecule has 0 spiro atoms. The molecule has 25 heavy (non-hydrogen) atoms. The van der Waals surface area contributed by atoms with Crippen LogP contribution in [0.4, 0.5) is 0 Å². The maximum absolute atomic E-state index is 12.4. The molecule has 0 fully saturated rings. The topological polar surface area (TPSA) is 68.0 Å². The van der Waals surface area contributed by atoms with Crippen molar-refractivity contribution in [2.75, 3.05) is 0 Å². The molecule has 0 aliphatic rings. The highest BCUT2D eigenvalue weighted by Gasteiger charge is 2.13. The second-order valence-corrected chi connectivity index (χ2v) is 6.31. The van der Waals surface area contributed by atoms with Crippen molar-refractivity contribution >= 4 is 5.91 Å². The Balaban J connectivity index is 1.69. The summed E-state index contributed by atoms with van der Waals surface area (Å²) in [6.07, 6.45) is 0. The first-order valence-corrected chi connectivity index (χ1v) is 8.19. The number of rotatable bonds is 4. The Hall–Kier alpha value is -2.95. The minimum absolute atomic E-state index is 0.143. The zero-order valence-electron chi connectivity index (χ0n) is 14.9. The van der Waals surface area contributed by atoms with Crippen LogP contribution in [-0.4, -0.2) is 16.0 Å². The van der Waals surface area contributed by atoms with Crippen molar-refractivity contribution in [1.82, 2.24) is 15.5 Å². The zero-order chi connectivity index (χ0) is 18.0. The van der Waals surface area contributed by atoms with E-state index >= 15 is 0 Å². The van der Waals surface area contributed by atoms with Crippen molar-refractivity contribution in [3.05, 3.63) is 70.1 Å². The lowest BCUT2D eigenvalue weighted by molar-refractivity contribution is 0.0945. The average Bonchev–Trinajstić information content (AvgIpc) is 3.05. The Bertz CT molecular complexity index is 911. The Morgan fingerprint density at radius 2 is 1.68 bits per heavy atom. The normalized spacial score (nSPS) is 10.7. The predicted octanol–water partition coefficient (Wildman–Crippen LogP) is 3.90. The fourth-order valence-electron chi connectivity index (χ4n) is 2.60. The second-order valence-electron chi connectivity index (χ2n) is 6.31. The molecule has 1 aromatic heterocycles. The van der Waals surface area contributed by atoms with Crippen LogP contribution in [0.15, 0.2) is 40.9 Å². The van der Waals surface area contributed by atoms with E-state index in [-0.39, 0.29) is 12.5 Å². The van der Waals surface area contributed by atoms with Crippen LogP contribution in [0.3, 0.4) is 0 Å². The first-order chi connectivity index (χ1) is 11.9. The number of carbonyl (C=O) groups is 1. The van der Waals surface area contributed by atoms with Gasteiger partial charge in [-0.15, -0.1) is 0 Å². The lowest BCUT2D eigenvalue weighted by atomic mass is 10.0. The molecule has 0 atom stereocenters. The van der Waals surface area contributed by atoms with Crippen LogP contribution in [0.25, 0.3) is 11.4 Å². The van der Waals surface area contributed by atoms with Gasteiger partial charge in [0.15, 0.2) is 0 Å². The highest BCUT2D eigenvalue weighted by Crippen LogP contribution is 2.17. The Labute approximate surface area is 147 Å². The van der Waals surface area contributed by atoms with Gasteiger partial charge in [0.05, 0.1) is 6.54 Å². The molecule has 5 nitrogen and oxygen atoms in total. The summed E-state index contributed by atoms with van der Waals surface area (Å²) < 4.78 is 5.23. The van der Waals surface area contributed by atoms with E-state index in [1.165, 1.54) is 11.1 Å². The molecule has 0 radical (unpaired) electrons. The third kappa shape index (κ3) is 3.76. The van der Waals surface area contributed by atoms with Crippen molar-refractivity contribution in [2.24, 2.45) is 0 Å². The van der Waals surface area contributed by atoms with E-state index in [2.05, 4.69) is 15.5 Å². The fraction of sp³-hybridized carbons (Fsp3) is 0.250. The standard InChI is InChI=1S/C20H21N3O2/c1-12-5-7-16(8-6-12)19-22-18(25-23-19)11-21-20(24)17-10-14(3)13(2)9-15(17)4/h5-10H,11H2,1-4H3,(H,21,24). The van der Waals surface area contributed by atoms with Crippen molar-refractivity contribution in [3.63, 3.8) is 0 Å². The van der Waals surface area contributed by atoms with Crippen LogP contribution in [0.5, 0.6) is 0 Å². The number of amides is 1. The minimum Gasteiger partial charge on any atom is -0.343 e. The summed E-state index contributed by atoms with van der Waals surface area (Å²) in [5.41, 5.74) is 5.94. The number of nitrogens with one attached hydrogen (secondary N) is 1. The van der Waals surface area contributed by atoms with E-state index in [4.69, 9.17) is 4.52 Å². The third-order valence-corrected chi connectivity index (χ3v) is 4.26. The second kappa shape index (κ2) is 6.89. The van der Waals surface area contributed by atoms with Gasteiger partial charge in [0.1, 0.15) is 0 Å². The largest absolute Gasteiger partial charge is 0.343 e. The van der Waals surface area contributed by atoms with E-state index in [9.17, 15) is 4.79 Å². The van der Waals surface area contributed by atoms with Gasteiger partial charge in [0, 0.05) is 11.1 Å². The summed E-state index contributed by atoms with van der Waals surface area (Å²) >= 11 is 0. The van der Waals surface area contributed by atoms with Crippen LogP contribution in [-0.2, 0) is 6.54 Å². The molecule has 2 aromatic carbocycles. The van der Waals surface area contributed by atoms with Crippen molar-refractivity contribution < 1.29 is 9.32 Å². The summed E-state index contributed by atoms with van der Waals surface area (Å²) in [6.45, 7) is 8.19. The number of benzene rings is 2. The summed E-state index contributed by atoms with van der Waals surface area (Å²) in [5.74, 6) is 0.757. The number of hydrogen-bond donors (Lipinski definition) is 1. The van der Waals surface area contributed by atoms with Crippen molar-refractivity contribution in [2.45, 2.75) is 34.2 Å². The molecule has 128 valence electrons. The highest BCUT2D eigenvalue weighted by molar-refractivity contribution is 5.95. The zero-order valence-corrected chi connectivity index (χ0v) is 14.9. The quantitative estimate of drug-likeness (QED) is 0.785. The fourth-order valence-corrected chi connectivity index (χ4v) is 2.60. The summed E-state index contributed by atoms with van der Waals surface area (Å²) in [6, 6.07) is 11.8. The molecule has 1 amide bonds. The van der Waals surface area contributed by atoms with Gasteiger partial charge in [-0.1, -0.05) is 41.1 Å². The molecule has 0 saturated carbocycles. The number of nitrogens with zero attached hydrogens (tertiary/aromatic N) is 2. The Kier molecular flexibility index (Phi) is 4.65. The van der Waals surface area contributed by atoms with E-state index in [1.54, 1.807) is 0 Å². The molecular formula is C20H21N3O2. The molecule has 0 unspecified atom stereocenters. The average molecular weight is 335 g/mol. The minimum atomic E-state index is -0.143. The molecule has 0 bridgehead atoms. The van der Waals surface area contributed by atoms with Gasteiger partial charge in [0.25, 0.3) is 5.91 Å². The Morgan fingerprint density at radius 3 is 2.40 bits per heavy atom. The van der Waals surface area contributed by atoms with Crippen molar-refractivity contribution in [1.29, 1.82) is 0 Å². The van der Waals surface area contributed by atoms with Crippen LogP contribution in [0.2, 0.25) is 0 Å². The number of aromatic nitrogens is 2. The molecule has 1 N–H and O–H groups in total. The van der Waals surface area contributed by atoms with Gasteiger partial charge < -0.3 is 9.84 Å². The van der Waals surface area contributed by atoms with Crippen LogP contribution >= 0.6 is 0 Å². The molecule has 1 heterocycles. The predicted molar refractivity (Wildman–Crippen MR) is 96.3 cm³/mol. The van der Waals surface area contributed by atoms with E-state index in [0.29, 0.717) is 17.3 Å². The molecule has 3 rings (SSSR count). The summed E-state index contributed by atoms with van der Waals surface area (Å²) in [5, 5.41) is 6.81. The maximum atomic E-state index is 12.4. The molecule has 0 saturated heterocycles. The molecule has 0 aliphatic carbocycles.